The van der Waals surface area contributed by atoms with Crippen LogP contribution in [0.25, 0.3) is 0 Å². The van der Waals surface area contributed by atoms with Gasteiger partial charge in [-0.15, -0.1) is 11.3 Å². The molecule has 0 radical (unpaired) electrons. The normalized spacial score (nSPS) is 12.1. The lowest BCUT2D eigenvalue weighted by molar-refractivity contribution is -0.116. The molecule has 0 aliphatic rings. The van der Waals surface area contributed by atoms with Crippen LogP contribution in [0.3, 0.4) is 0 Å². The molecule has 1 N–H and O–H groups in total. The molecule has 1 atom stereocenters. The second-order valence-corrected chi connectivity index (χ2v) is 7.55. The maximum atomic E-state index is 12.2. The van der Waals surface area contributed by atoms with Crippen molar-refractivity contribution in [3.05, 3.63) is 63.7 Å². The first-order valence-corrected chi connectivity index (χ1v) is 9.72. The van der Waals surface area contributed by atoms with Crippen LogP contribution in [0.5, 0.6) is 0 Å². The maximum Gasteiger partial charge on any atom is 0.225 e. The number of hydrogen-bond donors (Lipinski definition) is 1. The van der Waals surface area contributed by atoms with Gasteiger partial charge in [0.2, 0.25) is 5.91 Å². The van der Waals surface area contributed by atoms with E-state index in [1.165, 1.54) is 5.56 Å². The molecular weight excluding hydrogens is 344 g/mol. The Hall–Kier alpha value is -2.47. The molecule has 0 saturated heterocycles. The van der Waals surface area contributed by atoms with Crippen molar-refractivity contribution in [2.24, 2.45) is 0 Å². The molecule has 6 heteroatoms. The fourth-order valence-electron chi connectivity index (χ4n) is 2.84. The molecule has 3 rings (SSSR count). The van der Waals surface area contributed by atoms with E-state index < -0.39 is 0 Å². The van der Waals surface area contributed by atoms with E-state index in [4.69, 9.17) is 0 Å². The quantitative estimate of drug-likeness (QED) is 0.667. The first-order chi connectivity index (χ1) is 12.5. The van der Waals surface area contributed by atoms with Crippen LogP contribution in [0.15, 0.2) is 41.9 Å². The Balaban J connectivity index is 1.56. The minimum Gasteiger partial charge on any atom is -0.309 e. The fourth-order valence-corrected chi connectivity index (χ4v) is 3.48. The molecule has 3 aromatic rings. The van der Waals surface area contributed by atoms with E-state index in [1.54, 1.807) is 11.3 Å². The molecule has 0 bridgehead atoms. The Bertz CT molecular complexity index is 869. The number of carbonyl (C=O) groups is 1. The first kappa shape index (κ1) is 18.3. The summed E-state index contributed by atoms with van der Waals surface area (Å²) in [6.45, 7) is 6.06. The molecule has 1 amide bonds. The van der Waals surface area contributed by atoms with Crippen LogP contribution in [-0.4, -0.2) is 20.7 Å². The maximum absolute atomic E-state index is 12.2. The van der Waals surface area contributed by atoms with Gasteiger partial charge >= 0.3 is 0 Å². The van der Waals surface area contributed by atoms with Gasteiger partial charge in [0.25, 0.3) is 0 Å². The number of amides is 1. The highest BCUT2D eigenvalue weighted by molar-refractivity contribution is 7.09. The van der Waals surface area contributed by atoms with Gasteiger partial charge in [0, 0.05) is 23.6 Å². The Labute approximate surface area is 158 Å². The van der Waals surface area contributed by atoms with Crippen LogP contribution >= 0.6 is 11.3 Å². The summed E-state index contributed by atoms with van der Waals surface area (Å²) in [4.78, 5) is 16.7. The van der Waals surface area contributed by atoms with Gasteiger partial charge in [-0.3, -0.25) is 9.48 Å². The molecule has 1 aromatic carbocycles. The Morgan fingerprint density at radius 3 is 2.73 bits per heavy atom. The van der Waals surface area contributed by atoms with Crippen molar-refractivity contribution in [2.75, 3.05) is 5.32 Å². The number of anilines is 1. The molecule has 0 aliphatic heterocycles. The zero-order valence-electron chi connectivity index (χ0n) is 15.4. The molecule has 0 saturated carbocycles. The summed E-state index contributed by atoms with van der Waals surface area (Å²) >= 11 is 1.65. The predicted octanol–water partition coefficient (Wildman–Crippen LogP) is 4.53. The van der Waals surface area contributed by atoms with Crippen LogP contribution < -0.4 is 5.32 Å². The Morgan fingerprint density at radius 2 is 2.04 bits per heavy atom. The van der Waals surface area contributed by atoms with E-state index in [0.717, 1.165) is 29.1 Å². The number of carbonyl (C=O) groups excluding carboxylic acids is 1. The van der Waals surface area contributed by atoms with E-state index in [1.807, 2.05) is 42.9 Å². The number of hydrogen-bond acceptors (Lipinski definition) is 4. The van der Waals surface area contributed by atoms with Crippen LogP contribution in [0.4, 0.5) is 5.82 Å². The lowest BCUT2D eigenvalue weighted by atomic mass is 10.1. The van der Waals surface area contributed by atoms with E-state index in [-0.39, 0.29) is 11.9 Å². The van der Waals surface area contributed by atoms with E-state index >= 15 is 0 Å². The van der Waals surface area contributed by atoms with Gasteiger partial charge in [-0.2, -0.15) is 5.10 Å². The Morgan fingerprint density at radius 1 is 1.27 bits per heavy atom. The highest BCUT2D eigenvalue weighted by atomic mass is 32.1. The first-order valence-electron chi connectivity index (χ1n) is 8.84. The molecule has 0 spiro atoms. The summed E-state index contributed by atoms with van der Waals surface area (Å²) < 4.78 is 1.90. The average Bonchev–Trinajstić information content (AvgIpc) is 3.21. The molecule has 0 fully saturated rings. The zero-order chi connectivity index (χ0) is 18.5. The number of rotatable bonds is 7. The lowest BCUT2D eigenvalue weighted by Gasteiger charge is -2.12. The third-order valence-electron chi connectivity index (χ3n) is 4.35. The summed E-state index contributed by atoms with van der Waals surface area (Å²) in [5.41, 5.74) is 3.22. The molecular formula is C20H24N4OS. The van der Waals surface area contributed by atoms with Crippen molar-refractivity contribution < 1.29 is 4.79 Å². The van der Waals surface area contributed by atoms with Crippen LogP contribution in [0, 0.1) is 13.8 Å². The van der Waals surface area contributed by atoms with Gasteiger partial charge in [0.1, 0.15) is 0 Å². The minimum absolute atomic E-state index is 0.00216. The van der Waals surface area contributed by atoms with Gasteiger partial charge in [-0.05, 0) is 39.2 Å². The smallest absolute Gasteiger partial charge is 0.225 e. The van der Waals surface area contributed by atoms with E-state index in [0.29, 0.717) is 12.2 Å². The third kappa shape index (κ3) is 4.58. The standard InChI is InChI=1S/C20H24N4OS/c1-14-12-24(15(2)17-8-5-4-6-9-17)23-20(14)22-19(25)11-7-10-18-13-26-16(3)21-18/h4-6,8-9,12-13,15H,7,10-11H2,1-3H3,(H,22,23,25). The molecule has 1 unspecified atom stereocenters. The molecule has 2 aromatic heterocycles. The Kier molecular flexibility index (Phi) is 5.83. The van der Waals surface area contributed by atoms with Gasteiger partial charge in [0.15, 0.2) is 5.82 Å². The average molecular weight is 369 g/mol. The SMILES string of the molecule is Cc1nc(CCCC(=O)Nc2nn(C(C)c3ccccc3)cc2C)cs1. The van der Waals surface area contributed by atoms with Crippen molar-refractivity contribution >= 4 is 23.1 Å². The fraction of sp³-hybridized carbons (Fsp3) is 0.350. The highest BCUT2D eigenvalue weighted by Crippen LogP contribution is 2.21. The van der Waals surface area contributed by atoms with Crippen molar-refractivity contribution in [1.82, 2.24) is 14.8 Å². The summed E-state index contributed by atoms with van der Waals surface area (Å²) in [7, 11) is 0. The van der Waals surface area contributed by atoms with Crippen LogP contribution in [0.2, 0.25) is 0 Å². The second kappa shape index (κ2) is 8.27. The van der Waals surface area contributed by atoms with Crippen LogP contribution in [0.1, 0.15) is 47.6 Å². The van der Waals surface area contributed by atoms with Gasteiger partial charge in [0.05, 0.1) is 16.7 Å². The van der Waals surface area contributed by atoms with E-state index in [2.05, 4.69) is 39.8 Å². The van der Waals surface area contributed by atoms with Gasteiger partial charge < -0.3 is 5.32 Å². The monoisotopic (exact) mass is 368 g/mol. The lowest BCUT2D eigenvalue weighted by Crippen LogP contribution is -2.14. The number of nitrogens with one attached hydrogen (secondary N) is 1. The van der Waals surface area contributed by atoms with Crippen molar-refractivity contribution in [3.63, 3.8) is 0 Å². The summed E-state index contributed by atoms with van der Waals surface area (Å²) in [6.07, 6.45) is 4.06. The molecule has 2 heterocycles. The summed E-state index contributed by atoms with van der Waals surface area (Å²) in [6, 6.07) is 10.3. The number of thiazole rings is 1. The van der Waals surface area contributed by atoms with Crippen molar-refractivity contribution in [2.45, 2.75) is 46.1 Å². The third-order valence-corrected chi connectivity index (χ3v) is 5.18. The van der Waals surface area contributed by atoms with E-state index in [9.17, 15) is 4.79 Å². The zero-order valence-corrected chi connectivity index (χ0v) is 16.2. The predicted molar refractivity (Wildman–Crippen MR) is 106 cm³/mol. The molecule has 5 nitrogen and oxygen atoms in total. The molecule has 0 aliphatic carbocycles. The van der Waals surface area contributed by atoms with Crippen molar-refractivity contribution in [3.8, 4) is 0 Å². The highest BCUT2D eigenvalue weighted by Gasteiger charge is 2.14. The largest absolute Gasteiger partial charge is 0.309 e. The molecule has 26 heavy (non-hydrogen) atoms. The topological polar surface area (TPSA) is 59.8 Å². The number of benzene rings is 1. The molecule has 136 valence electrons. The van der Waals surface area contributed by atoms with Gasteiger partial charge in [-0.1, -0.05) is 30.3 Å². The van der Waals surface area contributed by atoms with Crippen molar-refractivity contribution in [1.29, 1.82) is 0 Å². The van der Waals surface area contributed by atoms with Crippen LogP contribution in [-0.2, 0) is 11.2 Å². The number of nitrogens with zero attached hydrogens (tertiary/aromatic N) is 3. The summed E-state index contributed by atoms with van der Waals surface area (Å²) in [5.74, 6) is 0.639. The minimum atomic E-state index is -0.00216. The van der Waals surface area contributed by atoms with Gasteiger partial charge in [-0.25, -0.2) is 4.98 Å². The number of aromatic nitrogens is 3. The second-order valence-electron chi connectivity index (χ2n) is 6.49. The summed E-state index contributed by atoms with van der Waals surface area (Å²) in [5, 5.41) is 10.6. The number of aryl methyl sites for hydroxylation is 3.